The topological polar surface area (TPSA) is 29.5 Å². The Morgan fingerprint density at radius 1 is 1.33 bits per heavy atom. The Hall–Kier alpha value is -0.600. The smallest absolute Gasteiger partial charge is 0.0828 e. The molecular weight excluding hydrogens is 152 g/mol. The first kappa shape index (κ1) is 11.4. The number of aliphatic hydroxyl groups is 1. The average molecular weight is 170 g/mol. The van der Waals surface area contributed by atoms with Gasteiger partial charge in [-0.2, -0.15) is 0 Å². The molecule has 0 rings (SSSR count). The van der Waals surface area contributed by atoms with E-state index in [1.165, 1.54) is 6.08 Å². The molecular formula is C10H18O2. The second kappa shape index (κ2) is 4.43. The zero-order valence-electron chi connectivity index (χ0n) is 8.08. The van der Waals surface area contributed by atoms with Gasteiger partial charge < -0.3 is 9.84 Å². The number of aliphatic hydroxyl groups excluding tert-OH is 1. The van der Waals surface area contributed by atoms with Crippen LogP contribution in [0.5, 0.6) is 0 Å². The quantitative estimate of drug-likeness (QED) is 0.637. The summed E-state index contributed by atoms with van der Waals surface area (Å²) in [6.07, 6.45) is 2.45. The van der Waals surface area contributed by atoms with Crippen LogP contribution >= 0.6 is 0 Å². The van der Waals surface area contributed by atoms with Crippen molar-refractivity contribution in [1.82, 2.24) is 0 Å². The molecule has 0 radical (unpaired) electrons. The third kappa shape index (κ3) is 2.19. The van der Waals surface area contributed by atoms with E-state index in [9.17, 15) is 5.11 Å². The molecule has 70 valence electrons. The SMILES string of the molecule is C=CC(O)C(C)(C)[C@H](C=C)OC. The summed E-state index contributed by atoms with van der Waals surface area (Å²) in [5, 5.41) is 9.57. The third-order valence-electron chi connectivity index (χ3n) is 2.19. The van der Waals surface area contributed by atoms with E-state index in [0.717, 1.165) is 0 Å². The number of methoxy groups -OCH3 is 1. The summed E-state index contributed by atoms with van der Waals surface area (Å²) < 4.78 is 5.16. The first-order valence-corrected chi connectivity index (χ1v) is 3.96. The van der Waals surface area contributed by atoms with Gasteiger partial charge in [0.05, 0.1) is 12.2 Å². The van der Waals surface area contributed by atoms with Crippen LogP contribution in [0.2, 0.25) is 0 Å². The van der Waals surface area contributed by atoms with E-state index in [-0.39, 0.29) is 11.5 Å². The number of hydrogen-bond donors (Lipinski definition) is 1. The molecule has 2 nitrogen and oxygen atoms in total. The highest BCUT2D eigenvalue weighted by atomic mass is 16.5. The minimum absolute atomic E-state index is 0.162. The van der Waals surface area contributed by atoms with Crippen molar-refractivity contribution < 1.29 is 9.84 Å². The minimum Gasteiger partial charge on any atom is -0.388 e. The van der Waals surface area contributed by atoms with Gasteiger partial charge in [-0.05, 0) is 0 Å². The lowest BCUT2D eigenvalue weighted by atomic mass is 9.80. The standard InChI is InChI=1S/C10H18O2/c1-6-8(11)10(3,4)9(7-2)12-5/h6-9,11H,1-2H2,3-5H3/t8?,9-/m0/s1. The van der Waals surface area contributed by atoms with Gasteiger partial charge in [-0.3, -0.25) is 0 Å². The lowest BCUT2D eigenvalue weighted by Crippen LogP contribution is -2.39. The molecule has 0 saturated heterocycles. The monoisotopic (exact) mass is 170 g/mol. The summed E-state index contributed by atoms with van der Waals surface area (Å²) in [6, 6.07) is 0. The Labute approximate surface area is 74.6 Å². The summed E-state index contributed by atoms with van der Waals surface area (Å²) >= 11 is 0. The molecule has 0 aliphatic carbocycles. The van der Waals surface area contributed by atoms with Crippen molar-refractivity contribution in [2.75, 3.05) is 7.11 Å². The van der Waals surface area contributed by atoms with Crippen LogP contribution in [0.15, 0.2) is 25.3 Å². The van der Waals surface area contributed by atoms with Gasteiger partial charge in [0.1, 0.15) is 0 Å². The van der Waals surface area contributed by atoms with Crippen LogP contribution in [-0.2, 0) is 4.74 Å². The Morgan fingerprint density at radius 3 is 2.08 bits per heavy atom. The fraction of sp³-hybridized carbons (Fsp3) is 0.600. The molecule has 0 aliphatic rings. The van der Waals surface area contributed by atoms with Crippen LogP contribution in [-0.4, -0.2) is 24.4 Å². The van der Waals surface area contributed by atoms with Crippen LogP contribution in [0.3, 0.4) is 0 Å². The maximum Gasteiger partial charge on any atom is 0.0828 e. The fourth-order valence-electron chi connectivity index (χ4n) is 1.18. The van der Waals surface area contributed by atoms with E-state index in [1.54, 1.807) is 13.2 Å². The molecule has 0 aromatic carbocycles. The van der Waals surface area contributed by atoms with Crippen molar-refractivity contribution >= 4 is 0 Å². The Morgan fingerprint density at radius 2 is 1.83 bits per heavy atom. The summed E-state index contributed by atoms with van der Waals surface area (Å²) in [6.45, 7) is 11.0. The van der Waals surface area contributed by atoms with Gasteiger partial charge in [-0.1, -0.05) is 26.0 Å². The van der Waals surface area contributed by atoms with E-state index >= 15 is 0 Å². The normalized spacial score (nSPS) is 16.7. The van der Waals surface area contributed by atoms with E-state index in [2.05, 4.69) is 13.2 Å². The molecule has 1 unspecified atom stereocenters. The molecule has 2 atom stereocenters. The van der Waals surface area contributed by atoms with E-state index in [4.69, 9.17) is 4.74 Å². The molecule has 0 aliphatic heterocycles. The van der Waals surface area contributed by atoms with Crippen LogP contribution < -0.4 is 0 Å². The Balaban J connectivity index is 4.54. The molecule has 0 amide bonds. The molecule has 0 saturated carbocycles. The summed E-state index contributed by atoms with van der Waals surface area (Å²) in [4.78, 5) is 0. The summed E-state index contributed by atoms with van der Waals surface area (Å²) in [5.74, 6) is 0. The first-order chi connectivity index (χ1) is 5.50. The second-order valence-corrected chi connectivity index (χ2v) is 3.39. The van der Waals surface area contributed by atoms with Gasteiger partial charge in [0.2, 0.25) is 0 Å². The summed E-state index contributed by atoms with van der Waals surface area (Å²) in [7, 11) is 1.60. The van der Waals surface area contributed by atoms with Crippen molar-refractivity contribution in [3.05, 3.63) is 25.3 Å². The van der Waals surface area contributed by atoms with Crippen molar-refractivity contribution in [1.29, 1.82) is 0 Å². The lowest BCUT2D eigenvalue weighted by molar-refractivity contribution is -0.0237. The van der Waals surface area contributed by atoms with Crippen molar-refractivity contribution in [3.8, 4) is 0 Å². The van der Waals surface area contributed by atoms with Gasteiger partial charge in [0.15, 0.2) is 0 Å². The van der Waals surface area contributed by atoms with Crippen molar-refractivity contribution in [2.24, 2.45) is 5.41 Å². The Kier molecular flexibility index (Phi) is 4.21. The average Bonchev–Trinajstić information content (AvgIpc) is 2.04. The van der Waals surface area contributed by atoms with Gasteiger partial charge in [-0.25, -0.2) is 0 Å². The zero-order chi connectivity index (χ0) is 9.78. The molecule has 12 heavy (non-hydrogen) atoms. The second-order valence-electron chi connectivity index (χ2n) is 3.39. The molecule has 0 aromatic rings. The zero-order valence-corrected chi connectivity index (χ0v) is 8.08. The number of rotatable bonds is 5. The van der Waals surface area contributed by atoms with Crippen LogP contribution in [0.25, 0.3) is 0 Å². The van der Waals surface area contributed by atoms with Crippen molar-refractivity contribution in [2.45, 2.75) is 26.1 Å². The minimum atomic E-state index is -0.583. The Bertz CT molecular complexity index is 161. The molecule has 1 N–H and O–H groups in total. The largest absolute Gasteiger partial charge is 0.388 e. The third-order valence-corrected chi connectivity index (χ3v) is 2.19. The predicted octanol–water partition coefficient (Wildman–Crippen LogP) is 1.76. The highest BCUT2D eigenvalue weighted by Crippen LogP contribution is 2.28. The van der Waals surface area contributed by atoms with Gasteiger partial charge in [0, 0.05) is 12.5 Å². The predicted molar refractivity (Wildman–Crippen MR) is 51.0 cm³/mol. The van der Waals surface area contributed by atoms with Gasteiger partial charge >= 0.3 is 0 Å². The summed E-state index contributed by atoms with van der Waals surface area (Å²) in [5.41, 5.74) is -0.377. The van der Waals surface area contributed by atoms with E-state index in [1.807, 2.05) is 13.8 Å². The highest BCUT2D eigenvalue weighted by molar-refractivity contribution is 5.00. The van der Waals surface area contributed by atoms with Gasteiger partial charge in [0.25, 0.3) is 0 Å². The lowest BCUT2D eigenvalue weighted by Gasteiger charge is -2.34. The molecule has 2 heteroatoms. The molecule has 0 fully saturated rings. The maximum absolute atomic E-state index is 9.57. The fourth-order valence-corrected chi connectivity index (χ4v) is 1.18. The number of ether oxygens (including phenoxy) is 1. The van der Waals surface area contributed by atoms with Crippen LogP contribution in [0.4, 0.5) is 0 Å². The molecule has 0 spiro atoms. The number of hydrogen-bond acceptors (Lipinski definition) is 2. The molecule has 0 bridgehead atoms. The highest BCUT2D eigenvalue weighted by Gasteiger charge is 2.33. The van der Waals surface area contributed by atoms with Crippen LogP contribution in [0, 0.1) is 5.41 Å². The van der Waals surface area contributed by atoms with E-state index < -0.39 is 6.10 Å². The molecule has 0 aromatic heterocycles. The first-order valence-electron chi connectivity index (χ1n) is 3.96. The molecule has 0 heterocycles. The van der Waals surface area contributed by atoms with Crippen molar-refractivity contribution in [3.63, 3.8) is 0 Å². The van der Waals surface area contributed by atoms with E-state index in [0.29, 0.717) is 0 Å². The van der Waals surface area contributed by atoms with Gasteiger partial charge in [-0.15, -0.1) is 13.2 Å². The van der Waals surface area contributed by atoms with Crippen LogP contribution in [0.1, 0.15) is 13.8 Å². The maximum atomic E-state index is 9.57.